The average molecular weight is 420 g/mol. The van der Waals surface area contributed by atoms with Gasteiger partial charge in [-0.3, -0.25) is 8.37 Å². The van der Waals surface area contributed by atoms with Gasteiger partial charge in [0.2, 0.25) is 0 Å². The minimum absolute atomic E-state index is 0.104. The Morgan fingerprint density at radius 3 is 1.43 bits per heavy atom. The van der Waals surface area contributed by atoms with Crippen molar-refractivity contribution in [1.82, 2.24) is 9.97 Å². The van der Waals surface area contributed by atoms with Crippen LogP contribution in [-0.2, 0) is 28.6 Å². The highest BCUT2D eigenvalue weighted by Crippen LogP contribution is 2.21. The molecule has 0 aliphatic rings. The SMILES string of the molecule is O=S(=O)(OCCOS(=O)(=O)c1cc2ccccc2[nH]1)c1cc2ccccc2[nH]1. The molecule has 0 fully saturated rings. The Morgan fingerprint density at radius 2 is 1.04 bits per heavy atom. The smallest absolute Gasteiger partial charge is 0.312 e. The normalized spacial score (nSPS) is 12.7. The molecule has 0 aliphatic heterocycles. The van der Waals surface area contributed by atoms with Crippen LogP contribution in [0.1, 0.15) is 0 Å². The Morgan fingerprint density at radius 1 is 0.643 bits per heavy atom. The second kappa shape index (κ2) is 7.06. The third-order valence-electron chi connectivity index (χ3n) is 4.11. The lowest BCUT2D eigenvalue weighted by atomic mass is 10.3. The fourth-order valence-electron chi connectivity index (χ4n) is 2.78. The van der Waals surface area contributed by atoms with Crippen LogP contribution in [0.3, 0.4) is 0 Å². The standard InChI is InChI=1S/C18H16N2O6S2/c21-27(22,17-11-13-5-1-3-7-15(13)19-17)25-9-10-26-28(23,24)18-12-14-6-2-4-8-16(14)20-18/h1-8,11-12,19-20H,9-10H2. The zero-order valence-corrected chi connectivity index (χ0v) is 16.1. The molecule has 2 aromatic heterocycles. The van der Waals surface area contributed by atoms with Gasteiger partial charge < -0.3 is 9.97 Å². The maximum Gasteiger partial charge on any atom is 0.312 e. The molecule has 2 heterocycles. The maximum atomic E-state index is 12.2. The molecular weight excluding hydrogens is 404 g/mol. The molecular formula is C18H16N2O6S2. The lowest BCUT2D eigenvalue weighted by Gasteiger charge is -2.05. The van der Waals surface area contributed by atoms with Gasteiger partial charge in [-0.25, -0.2) is 0 Å². The molecule has 146 valence electrons. The van der Waals surface area contributed by atoms with E-state index in [0.29, 0.717) is 11.0 Å². The second-order valence-electron chi connectivity index (χ2n) is 5.99. The summed E-state index contributed by atoms with van der Waals surface area (Å²) in [6.07, 6.45) is 0. The molecule has 0 aliphatic carbocycles. The monoisotopic (exact) mass is 420 g/mol. The summed E-state index contributed by atoms with van der Waals surface area (Å²) in [6.45, 7) is -0.895. The number of rotatable bonds is 7. The van der Waals surface area contributed by atoms with Crippen molar-refractivity contribution in [2.24, 2.45) is 0 Å². The number of hydrogen-bond acceptors (Lipinski definition) is 6. The Bertz CT molecular complexity index is 1180. The quantitative estimate of drug-likeness (QED) is 0.351. The van der Waals surface area contributed by atoms with E-state index in [2.05, 4.69) is 9.97 Å². The summed E-state index contributed by atoms with van der Waals surface area (Å²) < 4.78 is 58.7. The number of aromatic amines is 2. The molecule has 0 unspecified atom stereocenters. The topological polar surface area (TPSA) is 118 Å². The van der Waals surface area contributed by atoms with Crippen LogP contribution in [0, 0.1) is 0 Å². The van der Waals surface area contributed by atoms with Crippen LogP contribution in [0.15, 0.2) is 70.7 Å². The number of nitrogens with one attached hydrogen (secondary N) is 2. The minimum Gasteiger partial charge on any atom is -0.344 e. The summed E-state index contributed by atoms with van der Waals surface area (Å²) in [4.78, 5) is 5.51. The van der Waals surface area contributed by atoms with Gasteiger partial charge in [-0.1, -0.05) is 36.4 Å². The van der Waals surface area contributed by atoms with E-state index in [9.17, 15) is 16.8 Å². The molecule has 0 atom stereocenters. The lowest BCUT2D eigenvalue weighted by molar-refractivity contribution is 0.224. The molecule has 2 aromatic carbocycles. The molecule has 28 heavy (non-hydrogen) atoms. The first kappa shape index (κ1) is 18.7. The molecule has 0 saturated carbocycles. The highest BCUT2D eigenvalue weighted by molar-refractivity contribution is 7.87. The van der Waals surface area contributed by atoms with Crippen molar-refractivity contribution in [2.75, 3.05) is 13.2 Å². The molecule has 4 rings (SSSR count). The van der Waals surface area contributed by atoms with Gasteiger partial charge in [0, 0.05) is 21.8 Å². The van der Waals surface area contributed by atoms with Gasteiger partial charge in [-0.2, -0.15) is 16.8 Å². The number of H-pyrrole nitrogens is 2. The zero-order valence-electron chi connectivity index (χ0n) is 14.5. The van der Waals surface area contributed by atoms with Crippen LogP contribution in [-0.4, -0.2) is 40.0 Å². The first-order chi connectivity index (χ1) is 13.4. The summed E-state index contributed by atoms with van der Waals surface area (Å²) in [7, 11) is -8.13. The maximum absolute atomic E-state index is 12.2. The van der Waals surface area contributed by atoms with E-state index in [1.807, 2.05) is 0 Å². The van der Waals surface area contributed by atoms with Crippen LogP contribution >= 0.6 is 0 Å². The summed E-state index contributed by atoms with van der Waals surface area (Å²) in [5.41, 5.74) is 1.31. The van der Waals surface area contributed by atoms with Gasteiger partial charge >= 0.3 is 20.2 Å². The lowest BCUT2D eigenvalue weighted by Crippen LogP contribution is -2.15. The Hall–Kier alpha value is -2.66. The second-order valence-corrected chi connectivity index (χ2v) is 9.16. The molecule has 0 radical (unpaired) electrons. The van der Waals surface area contributed by atoms with Gasteiger partial charge in [-0.15, -0.1) is 0 Å². The zero-order chi connectivity index (χ0) is 19.8. The predicted octanol–water partition coefficient (Wildman–Crippen LogP) is 2.76. The third-order valence-corrected chi connectivity index (χ3v) is 6.58. The van der Waals surface area contributed by atoms with Gasteiger partial charge in [0.05, 0.1) is 13.2 Å². The van der Waals surface area contributed by atoms with E-state index in [0.717, 1.165) is 10.8 Å². The van der Waals surface area contributed by atoms with E-state index in [1.165, 1.54) is 12.1 Å². The first-order valence-electron chi connectivity index (χ1n) is 8.29. The largest absolute Gasteiger partial charge is 0.344 e. The van der Waals surface area contributed by atoms with Crippen molar-refractivity contribution in [3.05, 3.63) is 60.7 Å². The van der Waals surface area contributed by atoms with Gasteiger partial charge in [0.25, 0.3) is 0 Å². The Balaban J connectivity index is 1.40. The van der Waals surface area contributed by atoms with Crippen LogP contribution in [0.4, 0.5) is 0 Å². The molecule has 0 spiro atoms. The molecule has 0 amide bonds. The predicted molar refractivity (Wildman–Crippen MR) is 103 cm³/mol. The third kappa shape index (κ3) is 3.67. The van der Waals surface area contributed by atoms with E-state index >= 15 is 0 Å². The molecule has 10 heteroatoms. The molecule has 0 saturated heterocycles. The van der Waals surface area contributed by atoms with Crippen LogP contribution < -0.4 is 0 Å². The van der Waals surface area contributed by atoms with Gasteiger partial charge in [0.15, 0.2) is 10.1 Å². The van der Waals surface area contributed by atoms with E-state index < -0.39 is 33.5 Å². The number of aromatic nitrogens is 2. The van der Waals surface area contributed by atoms with Crippen molar-refractivity contribution in [2.45, 2.75) is 10.1 Å². The number of para-hydroxylation sites is 2. The van der Waals surface area contributed by atoms with E-state index in [4.69, 9.17) is 8.37 Å². The highest BCUT2D eigenvalue weighted by atomic mass is 32.2. The van der Waals surface area contributed by atoms with Crippen LogP contribution in [0.2, 0.25) is 0 Å². The van der Waals surface area contributed by atoms with Crippen molar-refractivity contribution < 1.29 is 25.2 Å². The summed E-state index contributed by atoms with van der Waals surface area (Å²) in [6, 6.07) is 17.0. The van der Waals surface area contributed by atoms with Crippen LogP contribution in [0.5, 0.6) is 0 Å². The van der Waals surface area contributed by atoms with E-state index in [-0.39, 0.29) is 10.1 Å². The molecule has 2 N–H and O–H groups in total. The molecule has 0 bridgehead atoms. The number of fused-ring (bicyclic) bond motifs is 2. The molecule has 4 aromatic rings. The Labute approximate surface area is 161 Å². The highest BCUT2D eigenvalue weighted by Gasteiger charge is 2.21. The minimum atomic E-state index is -4.06. The van der Waals surface area contributed by atoms with Crippen molar-refractivity contribution in [3.8, 4) is 0 Å². The van der Waals surface area contributed by atoms with Gasteiger partial charge in [-0.05, 0) is 24.3 Å². The van der Waals surface area contributed by atoms with Crippen molar-refractivity contribution in [1.29, 1.82) is 0 Å². The average Bonchev–Trinajstić information content (AvgIpc) is 3.30. The summed E-state index contributed by atoms with van der Waals surface area (Å²) in [5.74, 6) is 0. The van der Waals surface area contributed by atoms with Gasteiger partial charge in [0.1, 0.15) is 0 Å². The summed E-state index contributed by atoms with van der Waals surface area (Å²) in [5, 5.41) is 1.24. The fraction of sp³-hybridized carbons (Fsp3) is 0.111. The Kier molecular flexibility index (Phi) is 4.71. The first-order valence-corrected chi connectivity index (χ1v) is 11.1. The van der Waals surface area contributed by atoms with Crippen LogP contribution in [0.25, 0.3) is 21.8 Å². The van der Waals surface area contributed by atoms with Crippen molar-refractivity contribution in [3.63, 3.8) is 0 Å². The number of benzene rings is 2. The fourth-order valence-corrected chi connectivity index (χ4v) is 4.62. The summed E-state index contributed by atoms with van der Waals surface area (Å²) >= 11 is 0. The van der Waals surface area contributed by atoms with Crippen molar-refractivity contribution >= 4 is 42.0 Å². The number of hydrogen-bond donors (Lipinski definition) is 2. The van der Waals surface area contributed by atoms with E-state index in [1.54, 1.807) is 48.5 Å². The molecule has 8 nitrogen and oxygen atoms in total.